The Morgan fingerprint density at radius 2 is 2.18 bits per heavy atom. The van der Waals surface area contributed by atoms with E-state index in [2.05, 4.69) is 19.8 Å². The summed E-state index contributed by atoms with van der Waals surface area (Å²) in [4.78, 5) is 24.2. The first-order valence-electron chi connectivity index (χ1n) is 5.82. The Bertz CT molecular complexity index is 354. The van der Waals surface area contributed by atoms with Crippen molar-refractivity contribution in [2.45, 2.75) is 33.1 Å². The van der Waals surface area contributed by atoms with Crippen molar-refractivity contribution >= 4 is 11.9 Å². The van der Waals surface area contributed by atoms with Crippen LogP contribution in [0.15, 0.2) is 0 Å². The number of hydrogen-bond donors (Lipinski definition) is 1. The second-order valence-corrected chi connectivity index (χ2v) is 5.23. The van der Waals surface area contributed by atoms with Crippen LogP contribution in [0, 0.1) is 23.7 Å². The van der Waals surface area contributed by atoms with Crippen LogP contribution >= 0.6 is 0 Å². The molecule has 0 heterocycles. The summed E-state index contributed by atoms with van der Waals surface area (Å²) in [6, 6.07) is 0. The van der Waals surface area contributed by atoms with Gasteiger partial charge in [0.05, 0.1) is 6.54 Å². The molecule has 1 aliphatic carbocycles. The molecule has 4 nitrogen and oxygen atoms in total. The lowest BCUT2D eigenvalue weighted by Crippen LogP contribution is -2.42. The van der Waals surface area contributed by atoms with Gasteiger partial charge in [-0.2, -0.15) is 0 Å². The largest absolute Gasteiger partial charge is 0.480 e. The molecule has 0 aromatic heterocycles. The summed E-state index contributed by atoms with van der Waals surface area (Å²) in [6.07, 6.45) is 8.01. The SMILES string of the molecule is C#CCN(CC(=O)O)C(=O)C1CCCC1(C)C. The fourth-order valence-electron chi connectivity index (χ4n) is 2.49. The highest BCUT2D eigenvalue weighted by Crippen LogP contribution is 2.43. The predicted molar refractivity (Wildman–Crippen MR) is 64.2 cm³/mol. The van der Waals surface area contributed by atoms with Crippen molar-refractivity contribution in [3.05, 3.63) is 0 Å². The minimum Gasteiger partial charge on any atom is -0.480 e. The lowest BCUT2D eigenvalue weighted by Gasteiger charge is -2.30. The number of terminal acetylenes is 1. The average Bonchev–Trinajstić information content (AvgIpc) is 2.56. The van der Waals surface area contributed by atoms with Gasteiger partial charge in [0, 0.05) is 5.92 Å². The molecule has 94 valence electrons. The van der Waals surface area contributed by atoms with Gasteiger partial charge < -0.3 is 10.0 Å². The molecule has 1 aliphatic rings. The van der Waals surface area contributed by atoms with E-state index >= 15 is 0 Å². The van der Waals surface area contributed by atoms with E-state index in [-0.39, 0.29) is 30.3 Å². The third-order valence-electron chi connectivity index (χ3n) is 3.48. The number of carboxylic acid groups (broad SMARTS) is 1. The van der Waals surface area contributed by atoms with E-state index < -0.39 is 5.97 Å². The van der Waals surface area contributed by atoms with E-state index in [9.17, 15) is 9.59 Å². The molecule has 1 N–H and O–H groups in total. The van der Waals surface area contributed by atoms with Gasteiger partial charge in [0.1, 0.15) is 6.54 Å². The smallest absolute Gasteiger partial charge is 0.323 e. The third kappa shape index (κ3) is 3.23. The number of amides is 1. The molecule has 0 radical (unpaired) electrons. The number of rotatable bonds is 4. The number of aliphatic carboxylic acids is 1. The average molecular weight is 237 g/mol. The van der Waals surface area contributed by atoms with Crippen molar-refractivity contribution in [1.29, 1.82) is 0 Å². The van der Waals surface area contributed by atoms with Gasteiger partial charge in [-0.15, -0.1) is 6.42 Å². The Hall–Kier alpha value is -1.50. The molecular weight excluding hydrogens is 218 g/mol. The molecule has 1 fully saturated rings. The van der Waals surface area contributed by atoms with Crippen LogP contribution in [0.1, 0.15) is 33.1 Å². The maximum atomic E-state index is 12.3. The van der Waals surface area contributed by atoms with Gasteiger partial charge in [0.25, 0.3) is 0 Å². The molecule has 1 amide bonds. The van der Waals surface area contributed by atoms with Crippen molar-refractivity contribution in [3.8, 4) is 12.3 Å². The molecule has 1 saturated carbocycles. The molecule has 1 unspecified atom stereocenters. The van der Waals surface area contributed by atoms with Crippen LogP contribution in [0.3, 0.4) is 0 Å². The molecule has 4 heteroatoms. The summed E-state index contributed by atoms with van der Waals surface area (Å²) in [5.41, 5.74) is -0.0531. The summed E-state index contributed by atoms with van der Waals surface area (Å²) >= 11 is 0. The highest BCUT2D eigenvalue weighted by atomic mass is 16.4. The summed E-state index contributed by atoms with van der Waals surface area (Å²) in [5, 5.41) is 8.77. The first-order chi connectivity index (χ1) is 7.88. The van der Waals surface area contributed by atoms with Crippen LogP contribution in [-0.2, 0) is 9.59 Å². The molecule has 0 saturated heterocycles. The van der Waals surface area contributed by atoms with Gasteiger partial charge in [-0.1, -0.05) is 26.2 Å². The molecule has 0 spiro atoms. The van der Waals surface area contributed by atoms with Gasteiger partial charge in [-0.3, -0.25) is 9.59 Å². The number of nitrogens with zero attached hydrogens (tertiary/aromatic N) is 1. The van der Waals surface area contributed by atoms with Crippen LogP contribution in [0.25, 0.3) is 0 Å². The molecule has 0 aromatic carbocycles. The van der Waals surface area contributed by atoms with E-state index in [4.69, 9.17) is 11.5 Å². The van der Waals surface area contributed by atoms with Crippen LogP contribution < -0.4 is 0 Å². The second-order valence-electron chi connectivity index (χ2n) is 5.23. The molecule has 0 aromatic rings. The Kier molecular flexibility index (Phi) is 4.17. The van der Waals surface area contributed by atoms with E-state index in [0.29, 0.717) is 0 Å². The van der Waals surface area contributed by atoms with Crippen LogP contribution in [0.2, 0.25) is 0 Å². The normalized spacial score (nSPS) is 21.8. The third-order valence-corrected chi connectivity index (χ3v) is 3.48. The second kappa shape index (κ2) is 5.22. The van der Waals surface area contributed by atoms with Crippen molar-refractivity contribution in [3.63, 3.8) is 0 Å². The zero-order valence-corrected chi connectivity index (χ0v) is 10.4. The summed E-state index contributed by atoms with van der Waals surface area (Å²) in [7, 11) is 0. The van der Waals surface area contributed by atoms with E-state index in [0.717, 1.165) is 19.3 Å². The van der Waals surface area contributed by atoms with Gasteiger partial charge >= 0.3 is 5.97 Å². The molecule has 0 aliphatic heterocycles. The Labute approximate surface area is 102 Å². The van der Waals surface area contributed by atoms with Crippen LogP contribution in [0.5, 0.6) is 0 Å². The number of carbonyl (C=O) groups is 2. The van der Waals surface area contributed by atoms with Gasteiger partial charge in [0.2, 0.25) is 5.91 Å². The lowest BCUT2D eigenvalue weighted by atomic mass is 9.81. The quantitative estimate of drug-likeness (QED) is 0.751. The molecule has 0 bridgehead atoms. The van der Waals surface area contributed by atoms with Crippen molar-refractivity contribution in [1.82, 2.24) is 4.90 Å². The maximum Gasteiger partial charge on any atom is 0.323 e. The Morgan fingerprint density at radius 1 is 1.53 bits per heavy atom. The van der Waals surface area contributed by atoms with Crippen LogP contribution in [-0.4, -0.2) is 35.0 Å². The van der Waals surface area contributed by atoms with Crippen molar-refractivity contribution < 1.29 is 14.7 Å². The monoisotopic (exact) mass is 237 g/mol. The fraction of sp³-hybridized carbons (Fsp3) is 0.692. The zero-order valence-electron chi connectivity index (χ0n) is 10.4. The fourth-order valence-corrected chi connectivity index (χ4v) is 2.49. The lowest BCUT2D eigenvalue weighted by molar-refractivity contribution is -0.147. The number of carboxylic acids is 1. The maximum absolute atomic E-state index is 12.3. The van der Waals surface area contributed by atoms with E-state index in [1.807, 2.05) is 0 Å². The summed E-state index contributed by atoms with van der Waals surface area (Å²) < 4.78 is 0. The van der Waals surface area contributed by atoms with Crippen molar-refractivity contribution in [2.75, 3.05) is 13.1 Å². The predicted octanol–water partition coefficient (Wildman–Crippen LogP) is 1.36. The summed E-state index contributed by atoms with van der Waals surface area (Å²) in [6.45, 7) is 3.86. The van der Waals surface area contributed by atoms with Gasteiger partial charge in [-0.05, 0) is 18.3 Å². The molecule has 1 rings (SSSR count). The highest BCUT2D eigenvalue weighted by molar-refractivity contribution is 5.84. The first-order valence-corrected chi connectivity index (χ1v) is 5.82. The molecular formula is C13H19NO3. The van der Waals surface area contributed by atoms with E-state index in [1.165, 1.54) is 4.90 Å². The first kappa shape index (κ1) is 13.6. The number of carbonyl (C=O) groups excluding carboxylic acids is 1. The van der Waals surface area contributed by atoms with Gasteiger partial charge in [-0.25, -0.2) is 0 Å². The minimum absolute atomic E-state index is 0.0531. The number of hydrogen-bond acceptors (Lipinski definition) is 2. The molecule has 17 heavy (non-hydrogen) atoms. The Morgan fingerprint density at radius 3 is 2.59 bits per heavy atom. The summed E-state index contributed by atoms with van der Waals surface area (Å²) in [5.74, 6) is 1.10. The highest BCUT2D eigenvalue weighted by Gasteiger charge is 2.41. The minimum atomic E-state index is -1.02. The van der Waals surface area contributed by atoms with Gasteiger partial charge in [0.15, 0.2) is 0 Å². The standard InChI is InChI=1S/C13H19NO3/c1-4-8-14(9-11(15)16)12(17)10-6-5-7-13(10,2)3/h1,10H,5-9H2,2-3H3,(H,15,16). The van der Waals surface area contributed by atoms with E-state index in [1.54, 1.807) is 0 Å². The Balaban J connectivity index is 2.77. The van der Waals surface area contributed by atoms with Crippen LogP contribution in [0.4, 0.5) is 0 Å². The molecule has 1 atom stereocenters. The topological polar surface area (TPSA) is 57.6 Å². The zero-order chi connectivity index (χ0) is 13.1. The van der Waals surface area contributed by atoms with Crippen molar-refractivity contribution in [2.24, 2.45) is 11.3 Å².